The molecule has 0 heterocycles. The Morgan fingerprint density at radius 2 is 2.17 bits per heavy atom. The first-order valence-electron chi connectivity index (χ1n) is 7.88. The summed E-state index contributed by atoms with van der Waals surface area (Å²) in [5.74, 6) is 0.494. The monoisotopic (exact) mass is 440 g/mol. The Morgan fingerprint density at radius 1 is 1.42 bits per heavy atom. The molecule has 0 spiro atoms. The molecule has 0 unspecified atom stereocenters. The van der Waals surface area contributed by atoms with E-state index in [1.165, 1.54) is 31.2 Å². The zero-order chi connectivity index (χ0) is 17.5. The molecule has 0 radical (unpaired) electrons. The number of halogens is 2. The summed E-state index contributed by atoms with van der Waals surface area (Å²) in [6, 6.07) is 4.55. The molecule has 1 saturated carbocycles. The van der Waals surface area contributed by atoms with Gasteiger partial charge in [0.25, 0.3) is 0 Å². The van der Waals surface area contributed by atoms with Gasteiger partial charge >= 0.3 is 0 Å². The van der Waals surface area contributed by atoms with Gasteiger partial charge in [-0.2, -0.15) is 0 Å². The Bertz CT molecular complexity index is 678. The van der Waals surface area contributed by atoms with E-state index in [9.17, 15) is 4.39 Å². The number of benzene rings is 1. The quantitative estimate of drug-likeness (QED) is 0.333. The summed E-state index contributed by atoms with van der Waals surface area (Å²) in [5.41, 5.74) is 2.84. The first-order valence-corrected chi connectivity index (χ1v) is 8.96. The number of anilines is 1. The lowest BCUT2D eigenvalue weighted by molar-refractivity contribution is 0.627. The highest BCUT2D eigenvalue weighted by Crippen LogP contribution is 2.27. The van der Waals surface area contributed by atoms with Crippen molar-refractivity contribution in [1.29, 1.82) is 10.8 Å². The number of hydrogen-bond donors (Lipinski definition) is 4. The third-order valence-corrected chi connectivity index (χ3v) is 4.48. The van der Waals surface area contributed by atoms with E-state index in [-0.39, 0.29) is 5.82 Å². The third kappa shape index (κ3) is 6.43. The number of hydrogen-bond acceptors (Lipinski definition) is 4. The van der Waals surface area contributed by atoms with Crippen LogP contribution in [0.3, 0.4) is 0 Å². The molecular formula is C18H22FIN4. The fourth-order valence-corrected chi connectivity index (χ4v) is 2.81. The number of allylic oxidation sites excluding steroid dienone is 2. The summed E-state index contributed by atoms with van der Waals surface area (Å²) in [6.07, 6.45) is 8.00. The van der Waals surface area contributed by atoms with Crippen molar-refractivity contribution in [1.82, 2.24) is 5.32 Å². The number of nitrogens with one attached hydrogen (secondary N) is 4. The van der Waals surface area contributed by atoms with Crippen molar-refractivity contribution in [3.05, 3.63) is 51.1 Å². The molecule has 0 aliphatic heterocycles. The highest BCUT2D eigenvalue weighted by atomic mass is 127. The van der Waals surface area contributed by atoms with Crippen LogP contribution in [0.15, 0.2) is 41.7 Å². The fraction of sp³-hybridized carbons (Fsp3) is 0.333. The van der Waals surface area contributed by atoms with E-state index in [1.54, 1.807) is 19.1 Å². The van der Waals surface area contributed by atoms with Gasteiger partial charge in [-0.3, -0.25) is 0 Å². The summed E-state index contributed by atoms with van der Waals surface area (Å²) in [5, 5.41) is 21.8. The molecule has 1 aromatic carbocycles. The minimum atomic E-state index is -0.275. The molecule has 1 aliphatic rings. The molecule has 1 aromatic rings. The molecule has 0 bridgehead atoms. The largest absolute Gasteiger partial charge is 0.390 e. The summed E-state index contributed by atoms with van der Waals surface area (Å²) in [4.78, 5) is 0. The molecule has 1 fully saturated rings. The second kappa shape index (κ2) is 8.96. The summed E-state index contributed by atoms with van der Waals surface area (Å²) < 4.78 is 14.0. The molecule has 4 N–H and O–H groups in total. The van der Waals surface area contributed by atoms with Gasteiger partial charge < -0.3 is 21.5 Å². The van der Waals surface area contributed by atoms with Gasteiger partial charge in [0.2, 0.25) is 0 Å². The van der Waals surface area contributed by atoms with E-state index in [0.717, 1.165) is 33.0 Å². The minimum absolute atomic E-state index is 0.275. The van der Waals surface area contributed by atoms with E-state index in [4.69, 9.17) is 10.8 Å². The van der Waals surface area contributed by atoms with Crippen molar-refractivity contribution < 1.29 is 4.39 Å². The zero-order valence-corrected chi connectivity index (χ0v) is 15.8. The van der Waals surface area contributed by atoms with E-state index in [1.807, 2.05) is 6.20 Å². The first-order chi connectivity index (χ1) is 11.5. The second-order valence-electron chi connectivity index (χ2n) is 5.99. The normalized spacial score (nSPS) is 15.1. The van der Waals surface area contributed by atoms with Gasteiger partial charge in [-0.1, -0.05) is 0 Å². The standard InChI is InChI=1S/C18H22FIN4/c1-12(22)6-16(24-18-5-4-15(19)8-17(18)20)7-14(9-21)11-23-10-13-2-3-13/h4-6,8-9,11,13,21-24H,2-3,7,10H2,1H3/b14-11-,16-6-,21-9?,22-12?. The molecule has 0 saturated heterocycles. The Morgan fingerprint density at radius 3 is 2.75 bits per heavy atom. The van der Waals surface area contributed by atoms with Crippen molar-refractivity contribution in [2.24, 2.45) is 5.92 Å². The van der Waals surface area contributed by atoms with Gasteiger partial charge in [0.05, 0.1) is 5.69 Å². The lowest BCUT2D eigenvalue weighted by atomic mass is 10.1. The lowest BCUT2D eigenvalue weighted by Crippen LogP contribution is -2.12. The Balaban J connectivity index is 2.08. The van der Waals surface area contributed by atoms with Gasteiger partial charge in [-0.15, -0.1) is 0 Å². The van der Waals surface area contributed by atoms with E-state index >= 15 is 0 Å². The molecule has 2 rings (SSSR count). The maximum Gasteiger partial charge on any atom is 0.124 e. The van der Waals surface area contributed by atoms with Gasteiger partial charge in [-0.05, 0) is 78.1 Å². The topological polar surface area (TPSA) is 71.8 Å². The van der Waals surface area contributed by atoms with Crippen LogP contribution < -0.4 is 10.6 Å². The van der Waals surface area contributed by atoms with Crippen LogP contribution >= 0.6 is 22.6 Å². The van der Waals surface area contributed by atoms with Crippen molar-refractivity contribution in [2.45, 2.75) is 26.2 Å². The first kappa shape index (κ1) is 18.6. The maximum atomic E-state index is 13.2. The van der Waals surface area contributed by atoms with Gasteiger partial charge in [-0.25, -0.2) is 4.39 Å². The average Bonchev–Trinajstić information content (AvgIpc) is 3.32. The van der Waals surface area contributed by atoms with Crippen LogP contribution in [0.25, 0.3) is 0 Å². The Kier molecular flexibility index (Phi) is 6.96. The highest BCUT2D eigenvalue weighted by molar-refractivity contribution is 14.1. The van der Waals surface area contributed by atoms with Crippen molar-refractivity contribution >= 4 is 40.2 Å². The van der Waals surface area contributed by atoms with E-state index < -0.39 is 0 Å². The molecule has 128 valence electrons. The molecule has 0 aromatic heterocycles. The lowest BCUT2D eigenvalue weighted by Gasteiger charge is -2.14. The second-order valence-corrected chi connectivity index (χ2v) is 7.16. The molecule has 1 aliphatic carbocycles. The van der Waals surface area contributed by atoms with Crippen molar-refractivity contribution in [3.8, 4) is 0 Å². The zero-order valence-electron chi connectivity index (χ0n) is 13.6. The SMILES string of the molecule is CC(=N)/C=C(/C/C(C=N)=C/NCC1CC1)Nc1ccc(F)cc1I. The van der Waals surface area contributed by atoms with Crippen molar-refractivity contribution in [3.63, 3.8) is 0 Å². The Hall–Kier alpha value is -1.70. The van der Waals surface area contributed by atoms with Crippen LogP contribution in [0.5, 0.6) is 0 Å². The summed E-state index contributed by atoms with van der Waals surface area (Å²) >= 11 is 2.08. The van der Waals surface area contributed by atoms with Gasteiger partial charge in [0, 0.05) is 40.4 Å². The maximum absolute atomic E-state index is 13.2. The van der Waals surface area contributed by atoms with Crippen LogP contribution in [0.4, 0.5) is 10.1 Å². The minimum Gasteiger partial charge on any atom is -0.390 e. The van der Waals surface area contributed by atoms with Crippen LogP contribution in [-0.2, 0) is 0 Å². The third-order valence-electron chi connectivity index (χ3n) is 3.59. The van der Waals surface area contributed by atoms with Gasteiger partial charge in [0.15, 0.2) is 0 Å². The van der Waals surface area contributed by atoms with E-state index in [2.05, 4.69) is 33.2 Å². The molecule has 0 amide bonds. The fourth-order valence-electron chi connectivity index (χ4n) is 2.20. The molecular weight excluding hydrogens is 418 g/mol. The van der Waals surface area contributed by atoms with Gasteiger partial charge in [0.1, 0.15) is 5.82 Å². The molecule has 6 heteroatoms. The van der Waals surface area contributed by atoms with E-state index in [0.29, 0.717) is 12.1 Å². The van der Waals surface area contributed by atoms with Crippen LogP contribution in [0.1, 0.15) is 26.2 Å². The summed E-state index contributed by atoms with van der Waals surface area (Å²) in [7, 11) is 0. The predicted molar refractivity (Wildman–Crippen MR) is 106 cm³/mol. The average molecular weight is 440 g/mol. The molecule has 4 nitrogen and oxygen atoms in total. The molecule has 24 heavy (non-hydrogen) atoms. The Labute approximate surface area is 155 Å². The smallest absolute Gasteiger partial charge is 0.124 e. The summed E-state index contributed by atoms with van der Waals surface area (Å²) in [6.45, 7) is 2.65. The van der Waals surface area contributed by atoms with Crippen LogP contribution in [0.2, 0.25) is 0 Å². The molecule has 0 atom stereocenters. The highest BCUT2D eigenvalue weighted by Gasteiger charge is 2.19. The van der Waals surface area contributed by atoms with Crippen LogP contribution in [-0.4, -0.2) is 18.5 Å². The van der Waals surface area contributed by atoms with Crippen LogP contribution in [0, 0.1) is 26.1 Å². The predicted octanol–water partition coefficient (Wildman–Crippen LogP) is 4.69. The number of rotatable bonds is 9. The van der Waals surface area contributed by atoms with Crippen molar-refractivity contribution in [2.75, 3.05) is 11.9 Å².